The van der Waals surface area contributed by atoms with Crippen molar-refractivity contribution in [2.24, 2.45) is 11.7 Å². The van der Waals surface area contributed by atoms with E-state index >= 15 is 0 Å². The monoisotopic (exact) mass is 378 g/mol. The van der Waals surface area contributed by atoms with Gasteiger partial charge in [0.1, 0.15) is 0 Å². The molecule has 2 aromatic carbocycles. The average molecular weight is 379 g/mol. The molecule has 3 atom stereocenters. The minimum absolute atomic E-state index is 0. The van der Waals surface area contributed by atoms with Crippen LogP contribution in [-0.4, -0.2) is 17.4 Å². The highest BCUT2D eigenvalue weighted by Crippen LogP contribution is 2.37. The SMILES string of the molecule is CC(C(=O)N1CCCC1c1ccccc1Cl)C(N)c1ccccc1.Cl. The molecule has 3 nitrogen and oxygen atoms in total. The van der Waals surface area contributed by atoms with E-state index in [0.29, 0.717) is 0 Å². The van der Waals surface area contributed by atoms with Gasteiger partial charge in [0, 0.05) is 17.6 Å². The van der Waals surface area contributed by atoms with E-state index in [1.165, 1.54) is 0 Å². The summed E-state index contributed by atoms with van der Waals surface area (Å²) in [5.74, 6) is -0.163. The number of benzene rings is 2. The zero-order valence-electron chi connectivity index (χ0n) is 14.3. The van der Waals surface area contributed by atoms with E-state index in [1.807, 2.05) is 66.4 Å². The molecule has 0 saturated carbocycles. The van der Waals surface area contributed by atoms with Gasteiger partial charge < -0.3 is 10.6 Å². The Balaban J connectivity index is 0.00000225. The lowest BCUT2D eigenvalue weighted by Gasteiger charge is -2.30. The highest BCUT2D eigenvalue weighted by molar-refractivity contribution is 6.31. The van der Waals surface area contributed by atoms with Crippen LogP contribution in [0.25, 0.3) is 0 Å². The molecular weight excluding hydrogens is 355 g/mol. The molecule has 0 aliphatic carbocycles. The van der Waals surface area contributed by atoms with Crippen molar-refractivity contribution in [2.45, 2.75) is 31.8 Å². The number of carbonyl (C=O) groups excluding carboxylic acids is 1. The average Bonchev–Trinajstić information content (AvgIpc) is 3.10. The van der Waals surface area contributed by atoms with E-state index < -0.39 is 0 Å². The molecule has 0 bridgehead atoms. The second kappa shape index (κ2) is 8.70. The molecule has 1 aliphatic rings. The van der Waals surface area contributed by atoms with Gasteiger partial charge in [0.2, 0.25) is 5.91 Å². The standard InChI is InChI=1S/C20H23ClN2O.ClH/c1-14(19(22)15-8-3-2-4-9-15)20(24)23-13-7-12-18(23)16-10-5-6-11-17(16)21;/h2-6,8-11,14,18-19H,7,12-13,22H2,1H3;1H. The van der Waals surface area contributed by atoms with E-state index in [4.69, 9.17) is 17.3 Å². The highest BCUT2D eigenvalue weighted by atomic mass is 35.5. The van der Waals surface area contributed by atoms with Crippen LogP contribution in [0.15, 0.2) is 54.6 Å². The minimum Gasteiger partial charge on any atom is -0.335 e. The number of carbonyl (C=O) groups is 1. The number of likely N-dealkylation sites (tertiary alicyclic amines) is 1. The fraction of sp³-hybridized carbons (Fsp3) is 0.350. The number of amides is 1. The van der Waals surface area contributed by atoms with E-state index in [2.05, 4.69) is 0 Å². The van der Waals surface area contributed by atoms with Gasteiger partial charge in [-0.2, -0.15) is 0 Å². The fourth-order valence-corrected chi connectivity index (χ4v) is 3.74. The van der Waals surface area contributed by atoms with Crippen molar-refractivity contribution < 1.29 is 4.79 Å². The molecule has 2 aromatic rings. The number of hydrogen-bond acceptors (Lipinski definition) is 2. The van der Waals surface area contributed by atoms with Crippen LogP contribution in [0.2, 0.25) is 5.02 Å². The molecule has 5 heteroatoms. The number of halogens is 2. The van der Waals surface area contributed by atoms with Gasteiger partial charge >= 0.3 is 0 Å². The topological polar surface area (TPSA) is 46.3 Å². The Morgan fingerprint density at radius 1 is 1.16 bits per heavy atom. The van der Waals surface area contributed by atoms with E-state index in [0.717, 1.165) is 35.5 Å². The normalized spacial score (nSPS) is 19.2. The van der Waals surface area contributed by atoms with Crippen molar-refractivity contribution in [3.63, 3.8) is 0 Å². The Labute approximate surface area is 160 Å². The van der Waals surface area contributed by atoms with Crippen molar-refractivity contribution in [1.82, 2.24) is 4.90 Å². The number of hydrogen-bond donors (Lipinski definition) is 1. The third-order valence-corrected chi connectivity index (χ3v) is 5.26. The Bertz CT molecular complexity index is 708. The number of nitrogens with two attached hydrogens (primary N) is 1. The molecule has 0 aromatic heterocycles. The molecule has 0 radical (unpaired) electrons. The zero-order valence-corrected chi connectivity index (χ0v) is 15.8. The maximum absolute atomic E-state index is 13.1. The smallest absolute Gasteiger partial charge is 0.227 e. The van der Waals surface area contributed by atoms with Gasteiger partial charge in [-0.1, -0.05) is 67.1 Å². The molecule has 25 heavy (non-hydrogen) atoms. The van der Waals surface area contributed by atoms with Crippen LogP contribution in [0.3, 0.4) is 0 Å². The van der Waals surface area contributed by atoms with Crippen LogP contribution in [0.4, 0.5) is 0 Å². The number of rotatable bonds is 4. The Morgan fingerprint density at radius 2 is 1.80 bits per heavy atom. The zero-order chi connectivity index (χ0) is 17.1. The first-order valence-corrected chi connectivity index (χ1v) is 8.83. The summed E-state index contributed by atoms with van der Waals surface area (Å²) in [5, 5.41) is 0.724. The molecule has 1 fully saturated rings. The maximum Gasteiger partial charge on any atom is 0.227 e. The fourth-order valence-electron chi connectivity index (χ4n) is 3.48. The molecule has 134 valence electrons. The summed E-state index contributed by atoms with van der Waals surface area (Å²) in [6.45, 7) is 2.68. The van der Waals surface area contributed by atoms with Crippen molar-refractivity contribution in [2.75, 3.05) is 6.54 Å². The minimum atomic E-state index is -0.300. The van der Waals surface area contributed by atoms with Gasteiger partial charge in [0.05, 0.1) is 12.0 Å². The Kier molecular flexibility index (Phi) is 6.88. The molecule has 2 N–H and O–H groups in total. The maximum atomic E-state index is 13.1. The predicted octanol–water partition coefficient (Wildman–Crippen LogP) is 4.76. The van der Waals surface area contributed by atoms with Gasteiger partial charge in [-0.05, 0) is 30.0 Å². The quantitative estimate of drug-likeness (QED) is 0.833. The third-order valence-electron chi connectivity index (χ3n) is 4.91. The first kappa shape index (κ1) is 19.8. The molecule has 1 aliphatic heterocycles. The molecule has 0 spiro atoms. The summed E-state index contributed by atoms with van der Waals surface area (Å²) in [6, 6.07) is 17.4. The summed E-state index contributed by atoms with van der Waals surface area (Å²) >= 11 is 6.35. The Hall–Kier alpha value is -1.55. The van der Waals surface area contributed by atoms with Crippen molar-refractivity contribution >= 4 is 29.9 Å². The van der Waals surface area contributed by atoms with Gasteiger partial charge in [0.25, 0.3) is 0 Å². The van der Waals surface area contributed by atoms with E-state index in [9.17, 15) is 4.79 Å². The van der Waals surface area contributed by atoms with Gasteiger partial charge in [0.15, 0.2) is 0 Å². The number of nitrogens with zero attached hydrogens (tertiary/aromatic N) is 1. The van der Waals surface area contributed by atoms with Crippen LogP contribution in [0, 0.1) is 5.92 Å². The summed E-state index contributed by atoms with van der Waals surface area (Å²) in [6.07, 6.45) is 1.94. The highest BCUT2D eigenvalue weighted by Gasteiger charge is 2.35. The van der Waals surface area contributed by atoms with Crippen LogP contribution in [0.1, 0.15) is 43.0 Å². The molecule has 3 rings (SSSR count). The third kappa shape index (κ3) is 4.17. The van der Waals surface area contributed by atoms with Crippen LogP contribution in [0.5, 0.6) is 0 Å². The Morgan fingerprint density at radius 3 is 2.48 bits per heavy atom. The lowest BCUT2D eigenvalue weighted by atomic mass is 9.93. The van der Waals surface area contributed by atoms with E-state index in [-0.39, 0.29) is 36.3 Å². The second-order valence-electron chi connectivity index (χ2n) is 6.44. The second-order valence-corrected chi connectivity index (χ2v) is 6.84. The predicted molar refractivity (Wildman–Crippen MR) is 105 cm³/mol. The summed E-state index contributed by atoms with van der Waals surface area (Å²) in [5.41, 5.74) is 8.37. The van der Waals surface area contributed by atoms with Gasteiger partial charge in [-0.25, -0.2) is 0 Å². The van der Waals surface area contributed by atoms with Crippen LogP contribution in [-0.2, 0) is 4.79 Å². The van der Waals surface area contributed by atoms with E-state index in [1.54, 1.807) is 0 Å². The summed E-state index contributed by atoms with van der Waals surface area (Å²) in [4.78, 5) is 15.0. The lowest BCUT2D eigenvalue weighted by molar-refractivity contribution is -0.136. The van der Waals surface area contributed by atoms with Crippen LogP contribution < -0.4 is 5.73 Å². The largest absolute Gasteiger partial charge is 0.335 e. The summed E-state index contributed by atoms with van der Waals surface area (Å²) < 4.78 is 0. The molecule has 1 heterocycles. The van der Waals surface area contributed by atoms with Gasteiger partial charge in [-0.15, -0.1) is 12.4 Å². The van der Waals surface area contributed by atoms with Crippen molar-refractivity contribution in [3.8, 4) is 0 Å². The molecule has 3 unspecified atom stereocenters. The lowest BCUT2D eigenvalue weighted by Crippen LogP contribution is -2.39. The first-order valence-electron chi connectivity index (χ1n) is 8.45. The molecule has 1 saturated heterocycles. The van der Waals surface area contributed by atoms with Crippen molar-refractivity contribution in [3.05, 3.63) is 70.7 Å². The molecular formula is C20H24Cl2N2O. The first-order chi connectivity index (χ1) is 11.6. The van der Waals surface area contributed by atoms with Gasteiger partial charge in [-0.3, -0.25) is 4.79 Å². The van der Waals surface area contributed by atoms with Crippen LogP contribution >= 0.6 is 24.0 Å². The van der Waals surface area contributed by atoms with Crippen molar-refractivity contribution in [1.29, 1.82) is 0 Å². The summed E-state index contributed by atoms with van der Waals surface area (Å²) in [7, 11) is 0. The molecule has 1 amide bonds.